The topological polar surface area (TPSA) is 79.9 Å². The zero-order valence-electron chi connectivity index (χ0n) is 10.9. The second-order valence-corrected chi connectivity index (χ2v) is 5.41. The van der Waals surface area contributed by atoms with E-state index in [2.05, 4.69) is 10.5 Å². The van der Waals surface area contributed by atoms with Crippen molar-refractivity contribution in [3.63, 3.8) is 0 Å². The molecule has 0 bridgehead atoms. The molecule has 1 heterocycles. The summed E-state index contributed by atoms with van der Waals surface area (Å²) in [6.07, 6.45) is 3.11. The third kappa shape index (κ3) is 4.91. The smallest absolute Gasteiger partial charge is 0.144 e. The van der Waals surface area contributed by atoms with E-state index in [4.69, 9.17) is 15.7 Å². The molecule has 1 atom stereocenters. The second-order valence-electron chi connectivity index (χ2n) is 5.41. The van der Waals surface area contributed by atoms with Crippen molar-refractivity contribution in [1.29, 1.82) is 0 Å². The molecule has 0 aliphatic carbocycles. The molecule has 0 aromatic heterocycles. The molecule has 0 aromatic carbocycles. The second kappa shape index (κ2) is 6.81. The fraction of sp³-hybridized carbons (Fsp3) is 0.917. The van der Waals surface area contributed by atoms with E-state index in [1.165, 1.54) is 6.42 Å². The Morgan fingerprint density at radius 3 is 2.94 bits per heavy atom. The summed E-state index contributed by atoms with van der Waals surface area (Å²) in [4.78, 5) is 0. The summed E-state index contributed by atoms with van der Waals surface area (Å²) in [6, 6.07) is 0. The molecule has 4 N–H and O–H groups in total. The normalized spacial score (nSPS) is 22.0. The number of oxime groups is 1. The van der Waals surface area contributed by atoms with Gasteiger partial charge >= 0.3 is 0 Å². The summed E-state index contributed by atoms with van der Waals surface area (Å²) in [5.74, 6) is 0.980. The van der Waals surface area contributed by atoms with Crippen molar-refractivity contribution in [2.75, 3.05) is 26.3 Å². The first-order valence-corrected chi connectivity index (χ1v) is 6.33. The Kier molecular flexibility index (Phi) is 5.71. The zero-order valence-corrected chi connectivity index (χ0v) is 10.9. The lowest BCUT2D eigenvalue weighted by atomic mass is 9.86. The summed E-state index contributed by atoms with van der Waals surface area (Å²) in [5, 5.41) is 15.2. The standard InChI is InChI=1S/C12H25N3O2/c1-12(2,11(13)15-16)5-3-6-14-8-10-4-7-17-9-10/h10,14,16H,3-9H2,1-2H3,(H2,13,15). The highest BCUT2D eigenvalue weighted by Crippen LogP contribution is 2.21. The zero-order chi connectivity index (χ0) is 12.7. The fourth-order valence-electron chi connectivity index (χ4n) is 1.97. The molecule has 5 heteroatoms. The van der Waals surface area contributed by atoms with Crippen molar-refractivity contribution >= 4 is 5.84 Å². The SMILES string of the molecule is CC(C)(CCCNCC1CCOC1)C(N)=NO. The van der Waals surface area contributed by atoms with Crippen LogP contribution in [0.1, 0.15) is 33.1 Å². The maximum Gasteiger partial charge on any atom is 0.144 e. The van der Waals surface area contributed by atoms with Crippen LogP contribution >= 0.6 is 0 Å². The Bertz CT molecular complexity index is 248. The third-order valence-electron chi connectivity index (χ3n) is 3.41. The molecule has 0 spiro atoms. The lowest BCUT2D eigenvalue weighted by molar-refractivity contribution is 0.185. The van der Waals surface area contributed by atoms with E-state index < -0.39 is 0 Å². The van der Waals surface area contributed by atoms with Gasteiger partial charge in [-0.25, -0.2) is 0 Å². The Labute approximate surface area is 103 Å². The van der Waals surface area contributed by atoms with Crippen LogP contribution in [0.4, 0.5) is 0 Å². The Hall–Kier alpha value is -0.810. The van der Waals surface area contributed by atoms with Gasteiger partial charge in [-0.1, -0.05) is 19.0 Å². The van der Waals surface area contributed by atoms with E-state index in [1.54, 1.807) is 0 Å². The van der Waals surface area contributed by atoms with Gasteiger partial charge in [-0.05, 0) is 31.7 Å². The van der Waals surface area contributed by atoms with Gasteiger partial charge in [-0.15, -0.1) is 0 Å². The molecule has 100 valence electrons. The van der Waals surface area contributed by atoms with Crippen molar-refractivity contribution in [3.05, 3.63) is 0 Å². The van der Waals surface area contributed by atoms with Crippen molar-refractivity contribution in [1.82, 2.24) is 5.32 Å². The van der Waals surface area contributed by atoms with Crippen molar-refractivity contribution in [2.24, 2.45) is 22.2 Å². The first kappa shape index (κ1) is 14.3. The van der Waals surface area contributed by atoms with Crippen LogP contribution in [0.25, 0.3) is 0 Å². The highest BCUT2D eigenvalue weighted by atomic mass is 16.5. The van der Waals surface area contributed by atoms with Gasteiger partial charge in [0.05, 0.1) is 6.61 Å². The highest BCUT2D eigenvalue weighted by Gasteiger charge is 2.22. The first-order valence-electron chi connectivity index (χ1n) is 6.33. The van der Waals surface area contributed by atoms with E-state index in [9.17, 15) is 0 Å². The average Bonchev–Trinajstić information content (AvgIpc) is 2.80. The number of nitrogens with zero attached hydrogens (tertiary/aromatic N) is 1. The number of rotatable bonds is 7. The molecular formula is C12H25N3O2. The molecule has 0 aromatic rings. The van der Waals surface area contributed by atoms with Crippen LogP contribution in [0.2, 0.25) is 0 Å². The highest BCUT2D eigenvalue weighted by molar-refractivity contribution is 5.85. The van der Waals surface area contributed by atoms with Crippen molar-refractivity contribution < 1.29 is 9.94 Å². The van der Waals surface area contributed by atoms with E-state index in [0.717, 1.165) is 39.1 Å². The molecule has 17 heavy (non-hydrogen) atoms. The average molecular weight is 243 g/mol. The number of nitrogens with one attached hydrogen (secondary N) is 1. The van der Waals surface area contributed by atoms with Gasteiger partial charge in [-0.3, -0.25) is 0 Å². The van der Waals surface area contributed by atoms with Crippen LogP contribution in [0, 0.1) is 11.3 Å². The largest absolute Gasteiger partial charge is 0.409 e. The molecule has 1 fully saturated rings. The Balaban J connectivity index is 2.07. The van der Waals surface area contributed by atoms with E-state index >= 15 is 0 Å². The minimum absolute atomic E-state index is 0.229. The van der Waals surface area contributed by atoms with Crippen LogP contribution < -0.4 is 11.1 Å². The van der Waals surface area contributed by atoms with Gasteiger partial charge in [0.25, 0.3) is 0 Å². The monoisotopic (exact) mass is 243 g/mol. The molecule has 0 radical (unpaired) electrons. The van der Waals surface area contributed by atoms with E-state index in [0.29, 0.717) is 11.8 Å². The van der Waals surface area contributed by atoms with Gasteiger partial charge in [0.15, 0.2) is 0 Å². The van der Waals surface area contributed by atoms with Crippen LogP contribution in [0.5, 0.6) is 0 Å². The minimum atomic E-state index is -0.229. The maximum absolute atomic E-state index is 8.65. The summed E-state index contributed by atoms with van der Waals surface area (Å²) in [5.41, 5.74) is 5.40. The first-order chi connectivity index (χ1) is 8.06. The number of amidine groups is 1. The van der Waals surface area contributed by atoms with Gasteiger partial charge in [0, 0.05) is 18.6 Å². The van der Waals surface area contributed by atoms with Gasteiger partial charge in [0.2, 0.25) is 0 Å². The minimum Gasteiger partial charge on any atom is -0.409 e. The molecule has 1 saturated heterocycles. The molecule has 5 nitrogen and oxygen atoms in total. The summed E-state index contributed by atoms with van der Waals surface area (Å²) < 4.78 is 5.31. The van der Waals surface area contributed by atoms with E-state index in [1.807, 2.05) is 13.8 Å². The molecule has 1 aliphatic rings. The molecule has 0 amide bonds. The maximum atomic E-state index is 8.65. The molecule has 1 aliphatic heterocycles. The number of hydrogen-bond acceptors (Lipinski definition) is 4. The lowest BCUT2D eigenvalue weighted by Crippen LogP contribution is -2.33. The molecular weight excluding hydrogens is 218 g/mol. The number of hydrogen-bond donors (Lipinski definition) is 3. The summed E-state index contributed by atoms with van der Waals surface area (Å²) >= 11 is 0. The van der Waals surface area contributed by atoms with Crippen LogP contribution in [-0.2, 0) is 4.74 Å². The summed E-state index contributed by atoms with van der Waals surface area (Å²) in [6.45, 7) is 7.79. The molecule has 0 saturated carbocycles. The predicted molar refractivity (Wildman–Crippen MR) is 68.2 cm³/mol. The number of nitrogens with two attached hydrogens (primary N) is 1. The van der Waals surface area contributed by atoms with Crippen LogP contribution in [0.15, 0.2) is 5.16 Å². The van der Waals surface area contributed by atoms with Crippen LogP contribution in [-0.4, -0.2) is 37.3 Å². The van der Waals surface area contributed by atoms with Crippen molar-refractivity contribution in [3.8, 4) is 0 Å². The van der Waals surface area contributed by atoms with Crippen LogP contribution in [0.3, 0.4) is 0 Å². The fourth-order valence-corrected chi connectivity index (χ4v) is 1.97. The quantitative estimate of drug-likeness (QED) is 0.206. The molecule has 1 unspecified atom stereocenters. The van der Waals surface area contributed by atoms with Gasteiger partial charge < -0.3 is 21.0 Å². The lowest BCUT2D eigenvalue weighted by Gasteiger charge is -2.22. The third-order valence-corrected chi connectivity index (χ3v) is 3.41. The molecule has 1 rings (SSSR count). The number of ether oxygens (including phenoxy) is 1. The van der Waals surface area contributed by atoms with Crippen molar-refractivity contribution in [2.45, 2.75) is 33.1 Å². The predicted octanol–water partition coefficient (Wildman–Crippen LogP) is 1.17. The van der Waals surface area contributed by atoms with E-state index in [-0.39, 0.29) is 5.41 Å². The Morgan fingerprint density at radius 1 is 1.59 bits per heavy atom. The summed E-state index contributed by atoms with van der Waals surface area (Å²) in [7, 11) is 0. The van der Waals surface area contributed by atoms with Gasteiger partial charge in [-0.2, -0.15) is 0 Å². The van der Waals surface area contributed by atoms with Gasteiger partial charge in [0.1, 0.15) is 5.84 Å². The Morgan fingerprint density at radius 2 is 2.35 bits per heavy atom.